The van der Waals surface area contributed by atoms with E-state index in [1.807, 2.05) is 34.6 Å². The third-order valence-electron chi connectivity index (χ3n) is 10.3. The average Bonchev–Trinajstić information content (AvgIpc) is 3.36. The monoisotopic (exact) mass is 770 g/mol. The predicted octanol–water partition coefficient (Wildman–Crippen LogP) is 5.14. The zero-order valence-electron chi connectivity index (χ0n) is 30.2. The largest absolute Gasteiger partial charge is 0.496 e. The fourth-order valence-corrected chi connectivity index (χ4v) is 7.45. The maximum atomic E-state index is 14.6. The van der Waals surface area contributed by atoms with Crippen molar-refractivity contribution in [2.45, 2.75) is 102 Å². The van der Waals surface area contributed by atoms with E-state index in [0.717, 1.165) is 25.7 Å². The molecule has 3 amide bonds. The van der Waals surface area contributed by atoms with Gasteiger partial charge in [-0.25, -0.2) is 14.6 Å². The van der Waals surface area contributed by atoms with Gasteiger partial charge in [-0.05, 0) is 79.4 Å². The summed E-state index contributed by atoms with van der Waals surface area (Å²) in [6, 6.07) is 2.89. The van der Waals surface area contributed by atoms with Gasteiger partial charge >= 0.3 is 12.1 Å². The van der Waals surface area contributed by atoms with Crippen molar-refractivity contribution in [3.63, 3.8) is 0 Å². The molecule has 1 aromatic carbocycles. The number of fused-ring (bicyclic) bond motifs is 1. The number of nitrogens with one attached hydrogen (secondary N) is 2. The molecule has 3 aliphatic rings. The highest BCUT2D eigenvalue weighted by Gasteiger charge is 2.62. The van der Waals surface area contributed by atoms with Crippen LogP contribution in [-0.4, -0.2) is 88.5 Å². The molecule has 3 fully saturated rings. The van der Waals surface area contributed by atoms with Crippen LogP contribution in [0.1, 0.15) is 82.3 Å². The first-order valence-electron chi connectivity index (χ1n) is 17.1. The second kappa shape index (κ2) is 14.4. The van der Waals surface area contributed by atoms with E-state index < -0.39 is 63.3 Å². The van der Waals surface area contributed by atoms with Crippen molar-refractivity contribution in [1.82, 2.24) is 20.5 Å². The molecule has 2 heterocycles. The highest BCUT2D eigenvalue weighted by Crippen LogP contribution is 2.46. The smallest absolute Gasteiger partial charge is 0.408 e. The summed E-state index contributed by atoms with van der Waals surface area (Å²) in [4.78, 5) is 73.2. The first-order chi connectivity index (χ1) is 24.0. The highest BCUT2D eigenvalue weighted by molar-refractivity contribution is 9.18. The van der Waals surface area contributed by atoms with Crippen LogP contribution in [0.4, 0.5) is 4.79 Å². The highest BCUT2D eigenvalue weighted by atomic mass is 79.9. The Morgan fingerprint density at radius 2 is 1.80 bits per heavy atom. The molecule has 1 aliphatic heterocycles. The minimum absolute atomic E-state index is 0.0371. The molecule has 1 aromatic heterocycles. The van der Waals surface area contributed by atoms with Crippen LogP contribution in [-0.2, 0) is 23.9 Å². The van der Waals surface area contributed by atoms with E-state index in [9.17, 15) is 24.0 Å². The number of ether oxygens (including phenoxy) is 4. The van der Waals surface area contributed by atoms with Gasteiger partial charge in [-0.2, -0.15) is 0 Å². The lowest BCUT2D eigenvalue weighted by Gasteiger charge is -2.36. The number of esters is 1. The van der Waals surface area contributed by atoms with Gasteiger partial charge < -0.3 is 34.5 Å². The molecule has 5 atom stereocenters. The van der Waals surface area contributed by atoms with Crippen molar-refractivity contribution in [2.75, 3.05) is 20.8 Å². The van der Waals surface area contributed by atoms with Crippen LogP contribution in [0.5, 0.6) is 11.5 Å². The molecule has 2 saturated carbocycles. The lowest BCUT2D eigenvalue weighted by Crippen LogP contribution is -2.59. The molecule has 0 bridgehead atoms. The van der Waals surface area contributed by atoms with Gasteiger partial charge in [0.1, 0.15) is 46.5 Å². The zero-order chi connectivity index (χ0) is 37.5. The van der Waals surface area contributed by atoms with Crippen LogP contribution in [0, 0.1) is 18.3 Å². The average molecular weight is 772 g/mol. The molecule has 13 nitrogen and oxygen atoms in total. The molecular weight excluding hydrogens is 724 g/mol. The standard InChI is InChI=1S/C37H47BrN4O9/c1-9-21-18-37(21,33(46)49-8)41-31(44)25-16-22(50-27-17-24(30(38)43)39-28-20(2)26(48-7)13-12-23(27)28)19-42(25)32(45)29(35(3,4)5)40-34(47)51-36(6)14-10-11-15-36/h9,12-13,17,21-22,25,29H,1,10-11,14-16,18-19H2,2-8H3,(H,40,47)(H,41,44)/t21-,22-,25+,29-,37-/m1/s1. The number of aromatic nitrogens is 1. The van der Waals surface area contributed by atoms with Crippen LogP contribution in [0.25, 0.3) is 10.9 Å². The topological polar surface area (TPSA) is 162 Å². The fraction of sp³-hybridized carbons (Fsp3) is 0.568. The van der Waals surface area contributed by atoms with E-state index in [1.54, 1.807) is 18.2 Å². The summed E-state index contributed by atoms with van der Waals surface area (Å²) in [5, 5.41) is 6.26. The van der Waals surface area contributed by atoms with Crippen LogP contribution in [0.3, 0.4) is 0 Å². The van der Waals surface area contributed by atoms with E-state index in [1.165, 1.54) is 25.2 Å². The molecule has 0 spiro atoms. The van der Waals surface area contributed by atoms with E-state index in [-0.39, 0.29) is 24.6 Å². The van der Waals surface area contributed by atoms with Crippen LogP contribution in [0.2, 0.25) is 0 Å². The van der Waals surface area contributed by atoms with Gasteiger partial charge in [0.15, 0.2) is 0 Å². The Bertz CT molecular complexity index is 1750. The number of rotatable bonds is 11. The molecule has 0 unspecified atom stereocenters. The number of likely N-dealkylation sites (tertiary alicyclic amines) is 1. The number of methoxy groups -OCH3 is 2. The molecule has 0 radical (unpaired) electrons. The Hall–Kier alpha value is -4.20. The summed E-state index contributed by atoms with van der Waals surface area (Å²) in [6.45, 7) is 12.9. The number of nitrogens with zero attached hydrogens (tertiary/aromatic N) is 2. The molecule has 51 heavy (non-hydrogen) atoms. The Morgan fingerprint density at radius 3 is 2.37 bits per heavy atom. The van der Waals surface area contributed by atoms with Gasteiger partial charge in [0.25, 0.3) is 0 Å². The van der Waals surface area contributed by atoms with E-state index >= 15 is 0 Å². The lowest BCUT2D eigenvalue weighted by atomic mass is 9.85. The summed E-state index contributed by atoms with van der Waals surface area (Å²) < 4.78 is 22.4. The molecule has 5 rings (SSSR count). The number of pyridine rings is 1. The first kappa shape index (κ1) is 38.0. The summed E-state index contributed by atoms with van der Waals surface area (Å²) in [5.41, 5.74) is -1.41. The lowest BCUT2D eigenvalue weighted by molar-refractivity contribution is -0.148. The Morgan fingerprint density at radius 1 is 1.12 bits per heavy atom. The molecule has 1 saturated heterocycles. The third kappa shape index (κ3) is 7.70. The third-order valence-corrected chi connectivity index (χ3v) is 10.7. The van der Waals surface area contributed by atoms with Gasteiger partial charge in [-0.15, -0.1) is 6.58 Å². The van der Waals surface area contributed by atoms with E-state index in [2.05, 4.69) is 38.1 Å². The van der Waals surface area contributed by atoms with Crippen LogP contribution >= 0.6 is 15.9 Å². The summed E-state index contributed by atoms with van der Waals surface area (Å²) >= 11 is 3.00. The molecule has 2 N–H and O–H groups in total. The maximum absolute atomic E-state index is 14.6. The summed E-state index contributed by atoms with van der Waals surface area (Å²) in [7, 11) is 2.79. The van der Waals surface area contributed by atoms with Gasteiger partial charge in [0.05, 0.1) is 26.3 Å². The van der Waals surface area contributed by atoms with Crippen LogP contribution in [0.15, 0.2) is 30.9 Å². The van der Waals surface area contributed by atoms with Crippen molar-refractivity contribution in [3.05, 3.63) is 42.1 Å². The number of alkyl carbamates (subject to hydrolysis) is 1. The molecule has 276 valence electrons. The minimum Gasteiger partial charge on any atom is -0.496 e. The van der Waals surface area contributed by atoms with Crippen molar-refractivity contribution in [1.29, 1.82) is 0 Å². The van der Waals surface area contributed by atoms with Gasteiger partial charge in [0.2, 0.25) is 16.5 Å². The van der Waals surface area contributed by atoms with Crippen molar-refractivity contribution in [2.24, 2.45) is 11.3 Å². The maximum Gasteiger partial charge on any atom is 0.408 e. The number of aryl methyl sites for hydroxylation is 1. The van der Waals surface area contributed by atoms with Gasteiger partial charge in [0, 0.05) is 29.4 Å². The van der Waals surface area contributed by atoms with Crippen LogP contribution < -0.4 is 20.1 Å². The Kier molecular flexibility index (Phi) is 10.8. The molecule has 14 heteroatoms. The number of hydrogen-bond acceptors (Lipinski definition) is 10. The minimum atomic E-state index is -1.30. The second-order valence-electron chi connectivity index (χ2n) is 15.0. The van der Waals surface area contributed by atoms with Gasteiger partial charge in [-0.3, -0.25) is 14.4 Å². The van der Waals surface area contributed by atoms with Gasteiger partial charge in [-0.1, -0.05) is 26.8 Å². The van der Waals surface area contributed by atoms with Crippen molar-refractivity contribution >= 4 is 55.4 Å². The molecule has 2 aliphatic carbocycles. The SMILES string of the molecule is C=C[C@@H]1C[C@]1(NC(=O)[C@@H]1C[C@@H](Oc2cc(C(=O)Br)nc3c(C)c(OC)ccc23)CN1C(=O)[C@@H](NC(=O)OC1(C)CCCC1)C(C)(C)C)C(=O)OC. The Labute approximate surface area is 306 Å². The number of carbonyl (C=O) groups excluding carboxylic acids is 5. The van der Waals surface area contributed by atoms with E-state index in [0.29, 0.717) is 34.4 Å². The molecule has 2 aromatic rings. The summed E-state index contributed by atoms with van der Waals surface area (Å²) in [6.07, 6.45) is 3.85. The quantitative estimate of drug-likeness (QED) is 0.178. The predicted molar refractivity (Wildman–Crippen MR) is 192 cm³/mol. The summed E-state index contributed by atoms with van der Waals surface area (Å²) in [5.74, 6) is -1.14. The fourth-order valence-electron chi connectivity index (χ4n) is 7.25. The number of hydrogen-bond donors (Lipinski definition) is 2. The number of carbonyl (C=O) groups is 5. The van der Waals surface area contributed by atoms with Crippen molar-refractivity contribution in [3.8, 4) is 11.5 Å². The normalized spacial score (nSPS) is 24.3. The number of amides is 3. The number of halogens is 1. The second-order valence-corrected chi connectivity index (χ2v) is 15.8. The van der Waals surface area contributed by atoms with Crippen molar-refractivity contribution < 1.29 is 42.9 Å². The zero-order valence-corrected chi connectivity index (χ0v) is 31.8. The Balaban J connectivity index is 1.49. The number of benzene rings is 1. The first-order valence-corrected chi connectivity index (χ1v) is 17.9. The van der Waals surface area contributed by atoms with E-state index in [4.69, 9.17) is 18.9 Å². The molecular formula is C37H47BrN4O9.